The number of halogens is 4. The zero-order valence-electron chi connectivity index (χ0n) is 10.4. The highest BCUT2D eigenvalue weighted by atomic mass is 19.3. The zero-order valence-corrected chi connectivity index (χ0v) is 10.4. The van der Waals surface area contributed by atoms with Crippen molar-refractivity contribution in [2.24, 2.45) is 5.41 Å². The van der Waals surface area contributed by atoms with Crippen molar-refractivity contribution < 1.29 is 17.6 Å². The summed E-state index contributed by atoms with van der Waals surface area (Å²) in [6, 6.07) is 3.41. The van der Waals surface area contributed by atoms with Crippen LogP contribution >= 0.6 is 0 Å². The molecule has 3 rings (SSSR count). The molecule has 1 saturated carbocycles. The first-order chi connectivity index (χ1) is 8.90. The maximum Gasteiger partial charge on any atom is 0.254 e. The average molecular weight is 273 g/mol. The molecule has 1 saturated heterocycles. The van der Waals surface area contributed by atoms with E-state index in [0.29, 0.717) is 38.0 Å². The van der Waals surface area contributed by atoms with Gasteiger partial charge in [0.25, 0.3) is 5.92 Å². The summed E-state index contributed by atoms with van der Waals surface area (Å²) in [6.07, 6.45) is 0.942. The second kappa shape index (κ2) is 4.20. The molecule has 19 heavy (non-hydrogen) atoms. The van der Waals surface area contributed by atoms with Crippen molar-refractivity contribution in [2.45, 2.75) is 31.7 Å². The van der Waals surface area contributed by atoms with Crippen LogP contribution in [0, 0.1) is 17.0 Å². The van der Waals surface area contributed by atoms with Crippen LogP contribution in [0.3, 0.4) is 0 Å². The SMILES string of the molecule is Fc1cc(F)cc(CN2CCC3(CC2)CC3(F)F)c1. The van der Waals surface area contributed by atoms with Crippen LogP contribution in [0.1, 0.15) is 24.8 Å². The fraction of sp³-hybridized carbons (Fsp3) is 0.571. The predicted molar refractivity (Wildman–Crippen MR) is 62.9 cm³/mol. The third-order valence-electron chi connectivity index (χ3n) is 4.35. The van der Waals surface area contributed by atoms with Gasteiger partial charge in [0.1, 0.15) is 11.6 Å². The first kappa shape index (κ1) is 12.9. The molecule has 1 aromatic rings. The van der Waals surface area contributed by atoms with Gasteiger partial charge in [-0.15, -0.1) is 0 Å². The van der Waals surface area contributed by atoms with E-state index in [9.17, 15) is 17.6 Å². The van der Waals surface area contributed by atoms with Gasteiger partial charge < -0.3 is 0 Å². The highest BCUT2D eigenvalue weighted by Gasteiger charge is 2.70. The maximum absolute atomic E-state index is 13.2. The maximum atomic E-state index is 13.2. The van der Waals surface area contributed by atoms with Gasteiger partial charge in [0.05, 0.1) is 0 Å². The van der Waals surface area contributed by atoms with Crippen molar-refractivity contribution in [3.63, 3.8) is 0 Å². The molecular formula is C14H15F4N. The standard InChI is InChI=1S/C14H15F4N/c15-11-5-10(6-12(16)7-11)8-19-3-1-13(2-4-19)9-14(13,17)18/h5-7H,1-4,8-9H2. The summed E-state index contributed by atoms with van der Waals surface area (Å²) in [7, 11) is 0. The largest absolute Gasteiger partial charge is 0.299 e. The number of rotatable bonds is 2. The van der Waals surface area contributed by atoms with Crippen molar-refractivity contribution in [1.82, 2.24) is 4.90 Å². The van der Waals surface area contributed by atoms with Gasteiger partial charge in [-0.2, -0.15) is 0 Å². The molecule has 0 unspecified atom stereocenters. The minimum Gasteiger partial charge on any atom is -0.299 e. The molecule has 0 radical (unpaired) electrons. The molecule has 104 valence electrons. The molecular weight excluding hydrogens is 258 g/mol. The van der Waals surface area contributed by atoms with Gasteiger partial charge in [-0.3, -0.25) is 4.90 Å². The number of nitrogens with zero attached hydrogens (tertiary/aromatic N) is 1. The van der Waals surface area contributed by atoms with E-state index in [1.165, 1.54) is 12.1 Å². The van der Waals surface area contributed by atoms with Gasteiger partial charge in [0, 0.05) is 24.4 Å². The smallest absolute Gasteiger partial charge is 0.254 e. The number of alkyl halides is 2. The quantitative estimate of drug-likeness (QED) is 0.744. The summed E-state index contributed by atoms with van der Waals surface area (Å²) in [5.74, 6) is -3.70. The third-order valence-corrected chi connectivity index (χ3v) is 4.35. The van der Waals surface area contributed by atoms with Crippen LogP contribution in [0.15, 0.2) is 18.2 Å². The monoisotopic (exact) mass is 273 g/mol. The Kier molecular flexibility index (Phi) is 2.85. The molecule has 5 heteroatoms. The Labute approximate surface area is 109 Å². The number of hydrogen-bond acceptors (Lipinski definition) is 1. The second-order valence-electron chi connectivity index (χ2n) is 5.72. The van der Waals surface area contributed by atoms with Crippen LogP contribution in [0.5, 0.6) is 0 Å². The minimum atomic E-state index is -2.50. The van der Waals surface area contributed by atoms with E-state index in [-0.39, 0.29) is 6.42 Å². The molecule has 0 aromatic heterocycles. The molecule has 1 aliphatic carbocycles. The first-order valence-electron chi connectivity index (χ1n) is 6.45. The Morgan fingerprint density at radius 2 is 1.53 bits per heavy atom. The van der Waals surface area contributed by atoms with Crippen LogP contribution < -0.4 is 0 Å². The van der Waals surface area contributed by atoms with Crippen LogP contribution in [0.25, 0.3) is 0 Å². The number of benzene rings is 1. The van der Waals surface area contributed by atoms with Crippen LogP contribution in [-0.2, 0) is 6.54 Å². The zero-order chi connectivity index (χ0) is 13.7. The van der Waals surface area contributed by atoms with E-state index in [1.54, 1.807) is 0 Å². The predicted octanol–water partition coefficient (Wildman–Crippen LogP) is 3.59. The van der Waals surface area contributed by atoms with Crippen molar-refractivity contribution in [1.29, 1.82) is 0 Å². The van der Waals surface area contributed by atoms with Gasteiger partial charge >= 0.3 is 0 Å². The van der Waals surface area contributed by atoms with E-state index in [4.69, 9.17) is 0 Å². The van der Waals surface area contributed by atoms with Crippen LogP contribution in [-0.4, -0.2) is 23.9 Å². The van der Waals surface area contributed by atoms with E-state index in [1.807, 2.05) is 4.90 Å². The summed E-state index contributed by atoms with van der Waals surface area (Å²) < 4.78 is 52.5. The lowest BCUT2D eigenvalue weighted by molar-refractivity contribution is 0.0299. The van der Waals surface area contributed by atoms with E-state index >= 15 is 0 Å². The molecule has 2 aliphatic rings. The summed E-state index contributed by atoms with van der Waals surface area (Å²) in [6.45, 7) is 1.54. The van der Waals surface area contributed by atoms with E-state index < -0.39 is 23.0 Å². The Bertz CT molecular complexity index is 472. The highest BCUT2D eigenvalue weighted by molar-refractivity contribution is 5.18. The lowest BCUT2D eigenvalue weighted by atomic mass is 9.92. The fourth-order valence-electron chi connectivity index (χ4n) is 3.02. The van der Waals surface area contributed by atoms with Crippen molar-refractivity contribution >= 4 is 0 Å². The first-order valence-corrected chi connectivity index (χ1v) is 6.45. The Morgan fingerprint density at radius 3 is 2.00 bits per heavy atom. The summed E-state index contributed by atoms with van der Waals surface area (Å²) in [4.78, 5) is 1.98. The third kappa shape index (κ3) is 2.36. The minimum absolute atomic E-state index is 0.00241. The summed E-state index contributed by atoms with van der Waals surface area (Å²) >= 11 is 0. The number of hydrogen-bond donors (Lipinski definition) is 0. The van der Waals surface area contributed by atoms with Crippen molar-refractivity contribution in [3.8, 4) is 0 Å². The number of likely N-dealkylation sites (tertiary alicyclic amines) is 1. The second-order valence-corrected chi connectivity index (χ2v) is 5.72. The topological polar surface area (TPSA) is 3.24 Å². The van der Waals surface area contributed by atoms with Crippen LogP contribution in [0.2, 0.25) is 0 Å². The van der Waals surface area contributed by atoms with Gasteiger partial charge in [-0.25, -0.2) is 17.6 Å². The Balaban J connectivity index is 1.61. The molecule has 2 fully saturated rings. The average Bonchev–Trinajstić information content (AvgIpc) is 2.82. The van der Waals surface area contributed by atoms with Crippen LogP contribution in [0.4, 0.5) is 17.6 Å². The van der Waals surface area contributed by atoms with E-state index in [0.717, 1.165) is 6.07 Å². The molecule has 1 nitrogen and oxygen atoms in total. The summed E-state index contributed by atoms with van der Waals surface area (Å²) in [5, 5.41) is 0. The molecule has 0 atom stereocenters. The molecule has 1 aliphatic heterocycles. The Morgan fingerprint density at radius 1 is 1.00 bits per heavy atom. The normalized spacial score (nSPS) is 24.6. The molecule has 1 spiro atoms. The highest BCUT2D eigenvalue weighted by Crippen LogP contribution is 2.65. The molecule has 1 heterocycles. The van der Waals surface area contributed by atoms with Gasteiger partial charge in [0.2, 0.25) is 0 Å². The molecule has 0 bridgehead atoms. The molecule has 1 aromatic carbocycles. The lowest BCUT2D eigenvalue weighted by Crippen LogP contribution is -2.36. The van der Waals surface area contributed by atoms with Gasteiger partial charge in [0.15, 0.2) is 0 Å². The molecule has 0 amide bonds. The lowest BCUT2D eigenvalue weighted by Gasteiger charge is -2.32. The van der Waals surface area contributed by atoms with Gasteiger partial charge in [-0.1, -0.05) is 0 Å². The fourth-order valence-corrected chi connectivity index (χ4v) is 3.02. The number of piperidine rings is 1. The van der Waals surface area contributed by atoms with E-state index in [2.05, 4.69) is 0 Å². The van der Waals surface area contributed by atoms with Crippen molar-refractivity contribution in [3.05, 3.63) is 35.4 Å². The van der Waals surface area contributed by atoms with Crippen molar-refractivity contribution in [2.75, 3.05) is 13.1 Å². The summed E-state index contributed by atoms with van der Waals surface area (Å²) in [5.41, 5.74) is -0.229. The molecule has 0 N–H and O–H groups in total. The van der Waals surface area contributed by atoms with Gasteiger partial charge in [-0.05, 0) is 43.6 Å². The Hall–Kier alpha value is -1.10.